The average Bonchev–Trinajstić information content (AvgIpc) is 4.04. The predicted molar refractivity (Wildman–Crippen MR) is 348 cm³/mol. The van der Waals surface area contributed by atoms with Crippen LogP contribution in [0.15, 0.2) is 231 Å². The summed E-state index contributed by atoms with van der Waals surface area (Å²) in [6.07, 6.45) is 9.22. The summed E-state index contributed by atoms with van der Waals surface area (Å²) in [5, 5.41) is 5.09. The van der Waals surface area contributed by atoms with Crippen LogP contribution in [0.3, 0.4) is 0 Å². The van der Waals surface area contributed by atoms with Crippen LogP contribution in [0.25, 0.3) is 122 Å². The van der Waals surface area contributed by atoms with Crippen molar-refractivity contribution in [2.75, 3.05) is 0 Å². The number of para-hydroxylation sites is 2. The van der Waals surface area contributed by atoms with E-state index in [1.54, 1.807) is 0 Å². The molecule has 384 valence electrons. The molecule has 81 heavy (non-hydrogen) atoms. The first-order chi connectivity index (χ1) is 39.7. The van der Waals surface area contributed by atoms with Gasteiger partial charge in [0.15, 0.2) is 0 Å². The van der Waals surface area contributed by atoms with E-state index in [0.717, 1.165) is 0 Å². The van der Waals surface area contributed by atoms with Crippen LogP contribution in [0.1, 0.15) is 65.4 Å². The standard InChI is InChI=1S/C77H54N2S2/c1-47-37-48(2)40-55(39-47)78-71-19-11-7-15-63(71)65-45-53(25-33-73(65)78)75-35-29-57(80-75)27-21-51-23-31-61-62-32-24-52(44-70(62)77(69(61)43-51)67-17-9-5-13-59(67)60-14-6-10-18-68(60)77)22-28-58-30-36-76(81-58)54-26-34-74-66(46-54)64-16-8-12-20-72(64)79(74)56-41-49(3)38-50(4)42-56/h5-46H,1-4H3/b27-21+,28-22+. The Labute approximate surface area is 480 Å². The zero-order chi connectivity index (χ0) is 54.1. The summed E-state index contributed by atoms with van der Waals surface area (Å²) >= 11 is 3.69. The highest BCUT2D eigenvalue weighted by Gasteiger charge is 2.51. The Morgan fingerprint density at radius 2 is 0.704 bits per heavy atom. The predicted octanol–water partition coefficient (Wildman–Crippen LogP) is 21.3. The van der Waals surface area contributed by atoms with E-state index >= 15 is 0 Å². The molecule has 0 atom stereocenters. The van der Waals surface area contributed by atoms with Gasteiger partial charge in [0.05, 0.1) is 27.5 Å². The Hall–Kier alpha value is -9.32. The van der Waals surface area contributed by atoms with Gasteiger partial charge in [-0.15, -0.1) is 22.7 Å². The molecule has 2 aliphatic carbocycles. The van der Waals surface area contributed by atoms with Crippen molar-refractivity contribution in [1.82, 2.24) is 9.13 Å². The lowest BCUT2D eigenvalue weighted by Crippen LogP contribution is -2.26. The molecule has 0 fully saturated rings. The van der Waals surface area contributed by atoms with E-state index in [4.69, 9.17) is 0 Å². The fraction of sp³-hybridized carbons (Fsp3) is 0.0649. The van der Waals surface area contributed by atoms with Gasteiger partial charge in [-0.1, -0.05) is 146 Å². The van der Waals surface area contributed by atoms with Crippen molar-refractivity contribution in [3.63, 3.8) is 0 Å². The van der Waals surface area contributed by atoms with Crippen molar-refractivity contribution in [2.45, 2.75) is 33.1 Å². The molecule has 10 aromatic carbocycles. The van der Waals surface area contributed by atoms with Gasteiger partial charge in [0.1, 0.15) is 0 Å². The first-order valence-corrected chi connectivity index (χ1v) is 29.7. The number of aryl methyl sites for hydroxylation is 4. The Bertz CT molecular complexity index is 4650. The molecule has 2 aliphatic rings. The SMILES string of the molecule is Cc1cc(C)cc(-n2c3ccccc3c3cc(-c4ccc(/C=C/c5ccc6c(c5)C5(c7ccccc7-c7ccccc75)c5cc(/C=C/c7ccc(-c8ccc9c(c8)c8ccccc8n9-c8cc(C)cc(C)c8)s7)ccc5-6)s4)ccc32)c1. The van der Waals surface area contributed by atoms with Crippen molar-refractivity contribution in [3.8, 4) is 54.5 Å². The summed E-state index contributed by atoms with van der Waals surface area (Å²) in [5.41, 5.74) is 27.4. The molecular formula is C77H54N2S2. The van der Waals surface area contributed by atoms with Gasteiger partial charge in [-0.3, -0.25) is 0 Å². The Balaban J connectivity index is 0.727. The topological polar surface area (TPSA) is 9.86 Å². The number of benzene rings is 10. The maximum Gasteiger partial charge on any atom is 0.0725 e. The molecule has 0 amide bonds. The number of fused-ring (bicyclic) bond motifs is 16. The Morgan fingerprint density at radius 3 is 1.16 bits per heavy atom. The number of hydrogen-bond donors (Lipinski definition) is 0. The highest BCUT2D eigenvalue weighted by Crippen LogP contribution is 2.63. The van der Waals surface area contributed by atoms with Crippen molar-refractivity contribution >= 4 is 90.6 Å². The number of hydrogen-bond acceptors (Lipinski definition) is 2. The lowest BCUT2D eigenvalue weighted by atomic mass is 9.70. The van der Waals surface area contributed by atoms with Gasteiger partial charge >= 0.3 is 0 Å². The van der Waals surface area contributed by atoms with Gasteiger partial charge in [-0.25, -0.2) is 0 Å². The minimum atomic E-state index is -0.461. The van der Waals surface area contributed by atoms with Crippen molar-refractivity contribution in [1.29, 1.82) is 0 Å². The van der Waals surface area contributed by atoms with Crippen molar-refractivity contribution in [3.05, 3.63) is 296 Å². The minimum Gasteiger partial charge on any atom is -0.309 e. The summed E-state index contributed by atoms with van der Waals surface area (Å²) in [6.45, 7) is 8.74. The second-order valence-electron chi connectivity index (χ2n) is 22.4. The zero-order valence-corrected chi connectivity index (χ0v) is 47.1. The Kier molecular flexibility index (Phi) is 10.8. The van der Waals surface area contributed by atoms with Crippen LogP contribution < -0.4 is 0 Å². The van der Waals surface area contributed by atoms with E-state index in [9.17, 15) is 0 Å². The number of thiophene rings is 2. The third kappa shape index (κ3) is 7.51. The van der Waals surface area contributed by atoms with Gasteiger partial charge in [0.2, 0.25) is 0 Å². The van der Waals surface area contributed by atoms with Crippen molar-refractivity contribution < 1.29 is 0 Å². The van der Waals surface area contributed by atoms with Crippen LogP contribution in [0.2, 0.25) is 0 Å². The normalized spacial score (nSPS) is 13.2. The molecule has 4 heteroatoms. The molecule has 0 aliphatic heterocycles. The molecule has 0 unspecified atom stereocenters. The van der Waals surface area contributed by atoms with E-state index in [2.05, 4.69) is 292 Å². The fourth-order valence-corrected chi connectivity index (χ4v) is 15.7. The molecular weight excluding hydrogens is 1020 g/mol. The molecule has 0 saturated carbocycles. The summed E-state index contributed by atoms with van der Waals surface area (Å²) in [4.78, 5) is 4.98. The van der Waals surface area contributed by atoms with Gasteiger partial charge in [-0.05, 0) is 226 Å². The maximum absolute atomic E-state index is 2.47. The van der Waals surface area contributed by atoms with Gasteiger partial charge in [0.25, 0.3) is 0 Å². The van der Waals surface area contributed by atoms with E-state index < -0.39 is 5.41 Å². The third-order valence-electron chi connectivity index (χ3n) is 17.1. The number of aromatic nitrogens is 2. The van der Waals surface area contributed by atoms with Gasteiger partial charge < -0.3 is 9.13 Å². The number of nitrogens with zero attached hydrogens (tertiary/aromatic N) is 2. The number of rotatable bonds is 8. The molecule has 14 aromatic rings. The highest BCUT2D eigenvalue weighted by atomic mass is 32.1. The van der Waals surface area contributed by atoms with Crippen LogP contribution in [0.4, 0.5) is 0 Å². The summed E-state index contributed by atoms with van der Waals surface area (Å²) in [6, 6.07) is 86.9. The molecule has 0 radical (unpaired) electrons. The van der Waals surface area contributed by atoms with E-state index in [-0.39, 0.29) is 0 Å². The summed E-state index contributed by atoms with van der Waals surface area (Å²) < 4.78 is 4.85. The largest absolute Gasteiger partial charge is 0.309 e. The molecule has 4 heterocycles. The lowest BCUT2D eigenvalue weighted by molar-refractivity contribution is 0.793. The second kappa shape index (κ2) is 18.4. The monoisotopic (exact) mass is 1070 g/mol. The smallest absolute Gasteiger partial charge is 0.0725 e. The fourth-order valence-electron chi connectivity index (χ4n) is 13.9. The van der Waals surface area contributed by atoms with Gasteiger partial charge in [-0.2, -0.15) is 0 Å². The highest BCUT2D eigenvalue weighted by molar-refractivity contribution is 7.16. The first-order valence-electron chi connectivity index (χ1n) is 28.0. The van der Waals surface area contributed by atoms with Crippen LogP contribution in [0.5, 0.6) is 0 Å². The molecule has 0 bridgehead atoms. The van der Waals surface area contributed by atoms with E-state index in [0.29, 0.717) is 0 Å². The van der Waals surface area contributed by atoms with E-state index in [1.807, 2.05) is 22.7 Å². The van der Waals surface area contributed by atoms with Crippen molar-refractivity contribution in [2.24, 2.45) is 0 Å². The van der Waals surface area contributed by atoms with Crippen LogP contribution in [0, 0.1) is 27.7 Å². The van der Waals surface area contributed by atoms with E-state index in [1.165, 1.54) is 164 Å². The molecule has 0 saturated heterocycles. The first kappa shape index (κ1) is 47.7. The van der Waals surface area contributed by atoms with Crippen LogP contribution in [-0.4, -0.2) is 9.13 Å². The lowest BCUT2D eigenvalue weighted by Gasteiger charge is -2.30. The second-order valence-corrected chi connectivity index (χ2v) is 24.6. The average molecular weight is 1070 g/mol. The zero-order valence-electron chi connectivity index (χ0n) is 45.5. The maximum atomic E-state index is 2.47. The molecule has 16 rings (SSSR count). The third-order valence-corrected chi connectivity index (χ3v) is 19.3. The van der Waals surface area contributed by atoms with Gasteiger partial charge in [0, 0.05) is 52.4 Å². The minimum absolute atomic E-state index is 0.461. The molecule has 1 spiro atoms. The quantitative estimate of drug-likeness (QED) is 0.144. The Morgan fingerprint density at radius 1 is 0.309 bits per heavy atom. The molecule has 0 N–H and O–H groups in total. The molecule has 2 nitrogen and oxygen atoms in total. The summed E-state index contributed by atoms with van der Waals surface area (Å²) in [5.74, 6) is 0. The molecule has 4 aromatic heterocycles. The summed E-state index contributed by atoms with van der Waals surface area (Å²) in [7, 11) is 0. The van der Waals surface area contributed by atoms with Crippen LogP contribution in [-0.2, 0) is 5.41 Å². The van der Waals surface area contributed by atoms with Crippen LogP contribution >= 0.6 is 22.7 Å².